The van der Waals surface area contributed by atoms with Gasteiger partial charge < -0.3 is 15.2 Å². The Kier molecular flexibility index (Phi) is 4.36. The van der Waals surface area contributed by atoms with E-state index in [-0.39, 0.29) is 6.04 Å². The molecule has 0 fully saturated rings. The molecule has 0 aliphatic heterocycles. The monoisotopic (exact) mass is 269 g/mol. The maximum Gasteiger partial charge on any atom is 0.166 e. The van der Waals surface area contributed by atoms with Crippen molar-refractivity contribution in [2.24, 2.45) is 5.73 Å². The zero-order chi connectivity index (χ0) is 13.1. The highest BCUT2D eigenvalue weighted by Gasteiger charge is 2.26. The Morgan fingerprint density at radius 2 is 2.06 bits per heavy atom. The Labute approximate surface area is 113 Å². The molecule has 0 saturated heterocycles. The quantitative estimate of drug-likeness (QED) is 0.910. The van der Waals surface area contributed by atoms with Gasteiger partial charge in [-0.25, -0.2) is 0 Å². The third-order valence-electron chi connectivity index (χ3n) is 3.24. The van der Waals surface area contributed by atoms with E-state index in [9.17, 15) is 0 Å². The first-order valence-corrected chi connectivity index (χ1v) is 6.93. The van der Waals surface area contributed by atoms with Gasteiger partial charge in [0.25, 0.3) is 0 Å². The lowest BCUT2D eigenvalue weighted by molar-refractivity contribution is 0.282. The number of halogens is 1. The number of hydrogen-bond acceptors (Lipinski definition) is 3. The summed E-state index contributed by atoms with van der Waals surface area (Å²) in [6.07, 6.45) is 3.01. The second kappa shape index (κ2) is 5.81. The molecule has 18 heavy (non-hydrogen) atoms. The number of fused-ring (bicyclic) bond motifs is 1. The van der Waals surface area contributed by atoms with Crippen molar-refractivity contribution in [3.05, 3.63) is 22.2 Å². The fraction of sp³-hybridized carbons (Fsp3) is 0.571. The third kappa shape index (κ3) is 2.43. The van der Waals surface area contributed by atoms with Crippen molar-refractivity contribution in [2.75, 3.05) is 13.2 Å². The molecule has 0 aromatic heterocycles. The minimum Gasteiger partial charge on any atom is -0.490 e. The highest BCUT2D eigenvalue weighted by Crippen LogP contribution is 2.45. The lowest BCUT2D eigenvalue weighted by atomic mass is 9.87. The summed E-state index contributed by atoms with van der Waals surface area (Å²) in [7, 11) is 0. The van der Waals surface area contributed by atoms with Crippen LogP contribution in [0.1, 0.15) is 43.9 Å². The van der Waals surface area contributed by atoms with Gasteiger partial charge in [-0.05, 0) is 38.7 Å². The standard InChI is InChI=1S/C14H20ClNO2/c1-3-17-12-8-10(15)9-6-5-7-11(16)13(9)14(12)18-4-2/h8,11H,3-7,16H2,1-2H3. The molecule has 0 heterocycles. The van der Waals surface area contributed by atoms with E-state index in [0.717, 1.165) is 41.2 Å². The molecule has 1 aromatic carbocycles. The second-order valence-corrected chi connectivity index (χ2v) is 4.85. The van der Waals surface area contributed by atoms with Gasteiger partial charge in [-0.1, -0.05) is 11.6 Å². The van der Waals surface area contributed by atoms with Crippen molar-refractivity contribution in [1.29, 1.82) is 0 Å². The summed E-state index contributed by atoms with van der Waals surface area (Å²) in [6.45, 7) is 5.10. The van der Waals surface area contributed by atoms with E-state index >= 15 is 0 Å². The molecule has 1 atom stereocenters. The number of nitrogens with two attached hydrogens (primary N) is 1. The van der Waals surface area contributed by atoms with E-state index in [4.69, 9.17) is 26.8 Å². The normalized spacial score (nSPS) is 18.3. The van der Waals surface area contributed by atoms with Gasteiger partial charge in [0.05, 0.1) is 13.2 Å². The molecule has 1 aliphatic carbocycles. The fourth-order valence-corrected chi connectivity index (χ4v) is 2.81. The average Bonchev–Trinajstić information content (AvgIpc) is 2.35. The minimum absolute atomic E-state index is 0.00629. The molecular formula is C14H20ClNO2. The Morgan fingerprint density at radius 3 is 2.72 bits per heavy atom. The molecule has 0 radical (unpaired) electrons. The van der Waals surface area contributed by atoms with Crippen LogP contribution < -0.4 is 15.2 Å². The SMILES string of the molecule is CCOc1cc(Cl)c2c(c1OCC)C(N)CCC2. The van der Waals surface area contributed by atoms with Crippen LogP contribution in [0.2, 0.25) is 5.02 Å². The fourth-order valence-electron chi connectivity index (χ4n) is 2.51. The molecule has 0 amide bonds. The first-order chi connectivity index (χ1) is 8.69. The number of ether oxygens (including phenoxy) is 2. The molecule has 0 saturated carbocycles. The van der Waals surface area contributed by atoms with Crippen LogP contribution in [0.25, 0.3) is 0 Å². The Hall–Kier alpha value is -0.930. The summed E-state index contributed by atoms with van der Waals surface area (Å²) in [4.78, 5) is 0. The van der Waals surface area contributed by atoms with Crippen LogP contribution in [0.4, 0.5) is 0 Å². The summed E-state index contributed by atoms with van der Waals surface area (Å²) in [6, 6.07) is 1.85. The lowest BCUT2D eigenvalue weighted by Crippen LogP contribution is -2.20. The van der Waals surface area contributed by atoms with Crippen LogP contribution in [0, 0.1) is 0 Å². The maximum absolute atomic E-state index is 6.33. The molecular weight excluding hydrogens is 250 g/mol. The summed E-state index contributed by atoms with van der Waals surface area (Å²) in [5.74, 6) is 1.49. The zero-order valence-corrected chi connectivity index (χ0v) is 11.7. The predicted octanol–water partition coefficient (Wildman–Crippen LogP) is 3.47. The van der Waals surface area contributed by atoms with Gasteiger partial charge >= 0.3 is 0 Å². The zero-order valence-electron chi connectivity index (χ0n) is 11.0. The van der Waals surface area contributed by atoms with E-state index in [1.54, 1.807) is 0 Å². The Balaban J connectivity index is 2.56. The van der Waals surface area contributed by atoms with E-state index in [0.29, 0.717) is 19.0 Å². The molecule has 1 unspecified atom stereocenters. The van der Waals surface area contributed by atoms with Crippen LogP contribution in [0.15, 0.2) is 6.07 Å². The molecule has 3 nitrogen and oxygen atoms in total. The molecule has 0 bridgehead atoms. The van der Waals surface area contributed by atoms with Crippen molar-refractivity contribution < 1.29 is 9.47 Å². The van der Waals surface area contributed by atoms with Crippen molar-refractivity contribution in [2.45, 2.75) is 39.2 Å². The maximum atomic E-state index is 6.33. The number of benzene rings is 1. The van der Waals surface area contributed by atoms with Gasteiger partial charge in [-0.15, -0.1) is 0 Å². The molecule has 1 aliphatic rings. The molecule has 1 aromatic rings. The smallest absolute Gasteiger partial charge is 0.166 e. The average molecular weight is 270 g/mol. The Bertz CT molecular complexity index is 434. The molecule has 0 spiro atoms. The Morgan fingerprint density at radius 1 is 1.33 bits per heavy atom. The van der Waals surface area contributed by atoms with Gasteiger partial charge in [-0.2, -0.15) is 0 Å². The second-order valence-electron chi connectivity index (χ2n) is 4.44. The van der Waals surface area contributed by atoms with Crippen LogP contribution in [0.3, 0.4) is 0 Å². The van der Waals surface area contributed by atoms with Crippen LogP contribution in [-0.2, 0) is 6.42 Å². The van der Waals surface area contributed by atoms with Crippen LogP contribution in [0.5, 0.6) is 11.5 Å². The van der Waals surface area contributed by atoms with Crippen molar-refractivity contribution in [3.8, 4) is 11.5 Å². The lowest BCUT2D eigenvalue weighted by Gasteiger charge is -2.27. The summed E-state index contributed by atoms with van der Waals surface area (Å²) in [5.41, 5.74) is 8.39. The topological polar surface area (TPSA) is 44.5 Å². The van der Waals surface area contributed by atoms with Gasteiger partial charge in [-0.3, -0.25) is 0 Å². The largest absolute Gasteiger partial charge is 0.490 e. The predicted molar refractivity (Wildman–Crippen MR) is 73.7 cm³/mol. The molecule has 4 heteroatoms. The summed E-state index contributed by atoms with van der Waals surface area (Å²) < 4.78 is 11.4. The highest BCUT2D eigenvalue weighted by molar-refractivity contribution is 6.31. The summed E-state index contributed by atoms with van der Waals surface area (Å²) in [5, 5.41) is 0.743. The van der Waals surface area contributed by atoms with Gasteiger partial charge in [0.1, 0.15) is 0 Å². The number of rotatable bonds is 4. The van der Waals surface area contributed by atoms with Gasteiger partial charge in [0, 0.05) is 22.7 Å². The van der Waals surface area contributed by atoms with Crippen LogP contribution >= 0.6 is 11.6 Å². The van der Waals surface area contributed by atoms with Crippen molar-refractivity contribution in [3.63, 3.8) is 0 Å². The van der Waals surface area contributed by atoms with Crippen molar-refractivity contribution >= 4 is 11.6 Å². The highest BCUT2D eigenvalue weighted by atomic mass is 35.5. The number of hydrogen-bond donors (Lipinski definition) is 1. The summed E-state index contributed by atoms with van der Waals surface area (Å²) >= 11 is 6.33. The first-order valence-electron chi connectivity index (χ1n) is 6.55. The van der Waals surface area contributed by atoms with Crippen molar-refractivity contribution in [1.82, 2.24) is 0 Å². The third-order valence-corrected chi connectivity index (χ3v) is 3.58. The minimum atomic E-state index is -0.00629. The van der Waals surface area contributed by atoms with E-state index in [1.165, 1.54) is 0 Å². The van der Waals surface area contributed by atoms with E-state index in [2.05, 4.69) is 0 Å². The molecule has 100 valence electrons. The first kappa shape index (κ1) is 13.5. The van der Waals surface area contributed by atoms with Gasteiger partial charge in [0.15, 0.2) is 11.5 Å². The molecule has 2 rings (SSSR count). The van der Waals surface area contributed by atoms with Crippen LogP contribution in [-0.4, -0.2) is 13.2 Å². The van der Waals surface area contributed by atoms with Gasteiger partial charge in [0.2, 0.25) is 0 Å². The van der Waals surface area contributed by atoms with E-state index in [1.807, 2.05) is 19.9 Å². The molecule has 2 N–H and O–H groups in total. The van der Waals surface area contributed by atoms with E-state index < -0.39 is 0 Å².